The molecular weight excluding hydrogens is 532 g/mol. The summed E-state index contributed by atoms with van der Waals surface area (Å²) in [6, 6.07) is 11.6. The van der Waals surface area contributed by atoms with Gasteiger partial charge in [0.05, 0.1) is 11.4 Å². The van der Waals surface area contributed by atoms with Crippen LogP contribution >= 0.6 is 15.9 Å². The SMILES string of the molecule is CC=[N-].[C-]=O.[C-]=O.[CH2-]CBr.[Re].c1ccc(-c2ccccn2)nc1. The van der Waals surface area contributed by atoms with Crippen molar-refractivity contribution >= 4 is 35.7 Å². The molecule has 0 saturated carbocycles. The molecular formula is C16H16BrN3O2Re-4. The molecule has 0 atom stereocenters. The van der Waals surface area contributed by atoms with Crippen LogP contribution in [-0.2, 0) is 30.0 Å². The summed E-state index contributed by atoms with van der Waals surface area (Å²) < 4.78 is 0. The molecule has 2 aromatic rings. The Morgan fingerprint density at radius 3 is 1.48 bits per heavy atom. The molecule has 0 bridgehead atoms. The number of aromatic nitrogens is 2. The minimum absolute atomic E-state index is 0. The van der Waals surface area contributed by atoms with Crippen LogP contribution in [0.4, 0.5) is 0 Å². The van der Waals surface area contributed by atoms with Crippen LogP contribution in [0, 0.1) is 6.92 Å². The van der Waals surface area contributed by atoms with Gasteiger partial charge in [-0.3, -0.25) is 9.97 Å². The summed E-state index contributed by atoms with van der Waals surface area (Å²) in [6.45, 7) is 14.0. The summed E-state index contributed by atoms with van der Waals surface area (Å²) in [5.74, 6) is 0. The second kappa shape index (κ2) is 28.6. The molecule has 0 saturated heterocycles. The first-order valence-corrected chi connectivity index (χ1v) is 6.92. The summed E-state index contributed by atoms with van der Waals surface area (Å²) in [5.41, 5.74) is 1.83. The zero-order chi connectivity index (χ0) is 17.6. The molecule has 0 amide bonds. The third kappa shape index (κ3) is 20.5. The van der Waals surface area contributed by atoms with E-state index >= 15 is 0 Å². The van der Waals surface area contributed by atoms with E-state index in [4.69, 9.17) is 15.0 Å². The number of alkyl halides is 1. The van der Waals surface area contributed by atoms with Gasteiger partial charge in [0.15, 0.2) is 0 Å². The Hall–Kier alpha value is -1.55. The summed E-state index contributed by atoms with van der Waals surface area (Å²) in [7, 11) is 0. The van der Waals surface area contributed by atoms with Crippen LogP contribution < -0.4 is 0 Å². The Kier molecular flexibility index (Phi) is 36.6. The second-order valence-electron chi connectivity index (χ2n) is 2.88. The van der Waals surface area contributed by atoms with Crippen molar-refractivity contribution in [2.24, 2.45) is 0 Å². The molecule has 0 aliphatic carbocycles. The molecule has 125 valence electrons. The van der Waals surface area contributed by atoms with Crippen molar-refractivity contribution in [2.45, 2.75) is 6.92 Å². The minimum atomic E-state index is 0. The van der Waals surface area contributed by atoms with E-state index in [1.54, 1.807) is 19.3 Å². The van der Waals surface area contributed by atoms with Gasteiger partial charge >= 0.3 is 0 Å². The van der Waals surface area contributed by atoms with Crippen molar-refractivity contribution in [2.75, 3.05) is 5.33 Å². The smallest absolute Gasteiger partial charge is 0.0886 e. The molecule has 2 heterocycles. The quantitative estimate of drug-likeness (QED) is 0.312. The third-order valence-electron chi connectivity index (χ3n) is 1.59. The van der Waals surface area contributed by atoms with Crippen molar-refractivity contribution in [3.63, 3.8) is 0 Å². The first-order valence-electron chi connectivity index (χ1n) is 5.80. The molecule has 2 aromatic heterocycles. The van der Waals surface area contributed by atoms with Gasteiger partial charge in [-0.25, -0.2) is 6.21 Å². The maximum absolute atomic E-state index is 7.50. The Bertz CT molecular complexity index is 408. The van der Waals surface area contributed by atoms with Gasteiger partial charge in [0, 0.05) is 32.8 Å². The third-order valence-corrected chi connectivity index (χ3v) is 1.59. The van der Waals surface area contributed by atoms with E-state index in [9.17, 15) is 0 Å². The minimum Gasteiger partial charge on any atom is -0.814 e. The van der Waals surface area contributed by atoms with Crippen LogP contribution in [0.3, 0.4) is 0 Å². The van der Waals surface area contributed by atoms with Gasteiger partial charge in [0.1, 0.15) is 0 Å². The van der Waals surface area contributed by atoms with Crippen molar-refractivity contribution in [1.29, 1.82) is 0 Å². The largest absolute Gasteiger partial charge is 0.814 e. The monoisotopic (exact) mass is 548 g/mol. The average Bonchev–Trinajstić information content (AvgIpc) is 2.61. The van der Waals surface area contributed by atoms with Crippen LogP contribution in [0.1, 0.15) is 6.92 Å². The maximum atomic E-state index is 7.50. The number of nitrogens with zero attached hydrogens (tertiary/aromatic N) is 3. The van der Waals surface area contributed by atoms with Crippen molar-refractivity contribution in [1.82, 2.24) is 9.97 Å². The van der Waals surface area contributed by atoms with Gasteiger partial charge < -0.3 is 35.5 Å². The fraction of sp³-hybridized carbons (Fsp3) is 0.125. The summed E-state index contributed by atoms with van der Waals surface area (Å²) in [6.07, 6.45) is 4.54. The molecule has 0 unspecified atom stereocenters. The van der Waals surface area contributed by atoms with E-state index < -0.39 is 0 Å². The van der Waals surface area contributed by atoms with Crippen LogP contribution in [0.2, 0.25) is 0 Å². The Balaban J connectivity index is -0.000000140. The van der Waals surface area contributed by atoms with Crippen LogP contribution in [-0.4, -0.2) is 35.1 Å². The van der Waals surface area contributed by atoms with Gasteiger partial charge in [0.25, 0.3) is 0 Å². The zero-order valence-corrected chi connectivity index (χ0v) is 16.8. The van der Waals surface area contributed by atoms with E-state index in [-0.39, 0.29) is 20.4 Å². The number of pyridine rings is 2. The Morgan fingerprint density at radius 2 is 1.30 bits per heavy atom. The number of hydrogen-bond donors (Lipinski definition) is 0. The first-order chi connectivity index (χ1) is 10.8. The fourth-order valence-electron chi connectivity index (χ4n) is 1.03. The molecule has 0 aromatic carbocycles. The van der Waals surface area contributed by atoms with E-state index in [2.05, 4.69) is 46.4 Å². The molecule has 0 N–H and O–H groups in total. The van der Waals surface area contributed by atoms with E-state index in [1.165, 1.54) is 0 Å². The summed E-state index contributed by atoms with van der Waals surface area (Å²) in [5, 5.41) is 8.26. The van der Waals surface area contributed by atoms with E-state index in [0.717, 1.165) is 22.9 Å². The standard InChI is InChI=1S/C10H8N2.C2H4Br.C2H4N.2CO.Re/c1-3-7-11-9(5-1)10-6-2-4-8-12-10;2*1-2-3;2*1-2;/h1-8H;1-2H2;2H,1H3;;;/q;4*-1;. The predicted octanol–water partition coefficient (Wildman–Crippen LogP) is 3.21. The van der Waals surface area contributed by atoms with Crippen LogP contribution in [0.25, 0.3) is 16.8 Å². The van der Waals surface area contributed by atoms with Crippen molar-refractivity contribution in [3.05, 3.63) is 61.1 Å². The van der Waals surface area contributed by atoms with Crippen molar-refractivity contribution in [3.8, 4) is 11.4 Å². The molecule has 2 rings (SSSR count). The van der Waals surface area contributed by atoms with E-state index in [1.807, 2.05) is 36.4 Å². The molecule has 0 spiro atoms. The van der Waals surface area contributed by atoms with Gasteiger partial charge in [-0.05, 0) is 24.3 Å². The van der Waals surface area contributed by atoms with Gasteiger partial charge in [-0.15, -0.1) is 21.3 Å². The number of rotatable bonds is 1. The Labute approximate surface area is 160 Å². The maximum Gasteiger partial charge on any atom is 0.0886 e. The number of carbonyl (C=O) groups excluding carboxylic acids is 2. The molecule has 5 nitrogen and oxygen atoms in total. The van der Waals surface area contributed by atoms with Crippen LogP contribution in [0.15, 0.2) is 48.8 Å². The van der Waals surface area contributed by atoms with Gasteiger partial charge in [-0.2, -0.15) is 0 Å². The van der Waals surface area contributed by atoms with Gasteiger partial charge in [-0.1, -0.05) is 19.1 Å². The first kappa shape index (κ1) is 29.5. The predicted molar refractivity (Wildman–Crippen MR) is 93.1 cm³/mol. The fourth-order valence-corrected chi connectivity index (χ4v) is 1.03. The average molecular weight is 548 g/mol. The summed E-state index contributed by atoms with van der Waals surface area (Å²) >= 11 is 3.03. The normalized spacial score (nSPS) is 6.74. The van der Waals surface area contributed by atoms with E-state index in [0.29, 0.717) is 0 Å². The topological polar surface area (TPSA) is 82.2 Å². The number of hydrogen-bond acceptors (Lipinski definition) is 4. The second-order valence-corrected chi connectivity index (χ2v) is 3.67. The molecule has 0 aliphatic heterocycles. The van der Waals surface area contributed by atoms with Crippen LogP contribution in [0.5, 0.6) is 0 Å². The molecule has 3 radical (unpaired) electrons. The molecule has 23 heavy (non-hydrogen) atoms. The summed E-state index contributed by atoms with van der Waals surface area (Å²) in [4.78, 5) is 23.4. The zero-order valence-electron chi connectivity index (χ0n) is 12.5. The number of halogens is 1. The van der Waals surface area contributed by atoms with Crippen molar-refractivity contribution < 1.29 is 30.0 Å². The van der Waals surface area contributed by atoms with Gasteiger partial charge in [0.2, 0.25) is 0 Å². The molecule has 7 heteroatoms. The molecule has 0 fully saturated rings. The molecule has 0 aliphatic rings. The Morgan fingerprint density at radius 1 is 1.04 bits per heavy atom.